The quantitative estimate of drug-likeness (QED) is 0.776. The van der Waals surface area contributed by atoms with Crippen LogP contribution in [0, 0.1) is 0 Å². The Morgan fingerprint density at radius 2 is 1.76 bits per heavy atom. The number of aliphatic hydroxyl groups is 1. The molecule has 3 N–H and O–H groups in total. The van der Waals surface area contributed by atoms with Gasteiger partial charge in [0.1, 0.15) is 12.4 Å². The number of hydrogen-bond acceptors (Lipinski definition) is 6. The Labute approximate surface area is 154 Å². The summed E-state index contributed by atoms with van der Waals surface area (Å²) in [7, 11) is 1.59. The van der Waals surface area contributed by atoms with Crippen molar-refractivity contribution in [1.82, 2.24) is 14.8 Å². The van der Waals surface area contributed by atoms with E-state index in [0.29, 0.717) is 29.7 Å². The van der Waals surface area contributed by atoms with E-state index in [4.69, 9.17) is 15.2 Å². The number of nitrogens with zero attached hydrogens (tertiary/aromatic N) is 3. The Kier molecular flexibility index (Phi) is 6.82. The molecule has 1 aromatic heterocycles. The molecule has 140 valence electrons. The van der Waals surface area contributed by atoms with Crippen LogP contribution in [0.5, 0.6) is 11.5 Å². The summed E-state index contributed by atoms with van der Waals surface area (Å²) in [5.74, 6) is 2.36. The molecule has 0 saturated carbocycles. The van der Waals surface area contributed by atoms with Crippen molar-refractivity contribution in [3.8, 4) is 11.5 Å². The third-order valence-electron chi connectivity index (χ3n) is 3.25. The van der Waals surface area contributed by atoms with Gasteiger partial charge in [-0.2, -0.15) is 5.10 Å². The van der Waals surface area contributed by atoms with Crippen molar-refractivity contribution in [2.75, 3.05) is 7.11 Å². The summed E-state index contributed by atoms with van der Waals surface area (Å²) in [6, 6.07) is 7.38. The van der Waals surface area contributed by atoms with Gasteiger partial charge >= 0.3 is 0 Å². The summed E-state index contributed by atoms with van der Waals surface area (Å²) in [5, 5.41) is 14.5. The topological polar surface area (TPSA) is 95.4 Å². The zero-order valence-electron chi connectivity index (χ0n) is 15.3. The van der Waals surface area contributed by atoms with Gasteiger partial charge in [-0.05, 0) is 39.8 Å². The normalized spacial score (nSPS) is 11.8. The van der Waals surface area contributed by atoms with Gasteiger partial charge in [0, 0.05) is 0 Å². The van der Waals surface area contributed by atoms with E-state index in [1.165, 1.54) is 0 Å². The van der Waals surface area contributed by atoms with E-state index in [9.17, 15) is 5.11 Å². The van der Waals surface area contributed by atoms with Gasteiger partial charge in [-0.25, -0.2) is 9.67 Å². The van der Waals surface area contributed by atoms with Gasteiger partial charge in [0.2, 0.25) is 0 Å². The molecule has 2 rings (SSSR count). The lowest BCUT2D eigenvalue weighted by atomic mass is 10.1. The Balaban J connectivity index is 0.00000312. The third kappa shape index (κ3) is 5.88. The number of hydrogen-bond donors (Lipinski definition) is 2. The SMILES string of the molecule is COc1ccccc1OCc1nc(C(C)(C)N)n(CC(C)(C)O)n1.Cl. The molecule has 1 aromatic carbocycles. The Hall–Kier alpha value is -1.83. The van der Waals surface area contributed by atoms with E-state index in [2.05, 4.69) is 10.1 Å². The van der Waals surface area contributed by atoms with Crippen LogP contribution in [0.25, 0.3) is 0 Å². The highest BCUT2D eigenvalue weighted by molar-refractivity contribution is 5.85. The van der Waals surface area contributed by atoms with Gasteiger partial charge in [0.15, 0.2) is 17.3 Å². The number of para-hydroxylation sites is 2. The molecular formula is C17H27ClN4O3. The first-order chi connectivity index (χ1) is 11.1. The summed E-state index contributed by atoms with van der Waals surface area (Å²) in [6.45, 7) is 7.61. The highest BCUT2D eigenvalue weighted by Crippen LogP contribution is 2.26. The Morgan fingerprint density at radius 1 is 1.16 bits per heavy atom. The summed E-state index contributed by atoms with van der Waals surface area (Å²) < 4.78 is 12.7. The van der Waals surface area contributed by atoms with Crippen LogP contribution >= 0.6 is 12.4 Å². The van der Waals surface area contributed by atoms with Crippen molar-refractivity contribution < 1.29 is 14.6 Å². The number of benzene rings is 1. The fourth-order valence-electron chi connectivity index (χ4n) is 2.28. The lowest BCUT2D eigenvalue weighted by Gasteiger charge is -2.22. The summed E-state index contributed by atoms with van der Waals surface area (Å²) in [5.41, 5.74) is 4.58. The maximum absolute atomic E-state index is 10.1. The molecule has 0 fully saturated rings. The number of rotatable bonds is 7. The molecule has 0 aliphatic heterocycles. The van der Waals surface area contributed by atoms with Crippen LogP contribution in [0.15, 0.2) is 24.3 Å². The lowest BCUT2D eigenvalue weighted by molar-refractivity contribution is 0.0554. The number of methoxy groups -OCH3 is 1. The first-order valence-corrected chi connectivity index (χ1v) is 7.81. The summed E-state index contributed by atoms with van der Waals surface area (Å²) in [4.78, 5) is 4.49. The lowest BCUT2D eigenvalue weighted by Crippen LogP contribution is -2.36. The molecule has 0 amide bonds. The second-order valence-electron chi connectivity index (χ2n) is 6.98. The smallest absolute Gasteiger partial charge is 0.188 e. The van der Waals surface area contributed by atoms with Crippen LogP contribution in [0.2, 0.25) is 0 Å². The highest BCUT2D eigenvalue weighted by Gasteiger charge is 2.26. The van der Waals surface area contributed by atoms with Crippen molar-refractivity contribution in [2.45, 2.75) is 52.0 Å². The van der Waals surface area contributed by atoms with E-state index in [0.717, 1.165) is 0 Å². The van der Waals surface area contributed by atoms with Gasteiger partial charge in [0.25, 0.3) is 0 Å². The summed E-state index contributed by atoms with van der Waals surface area (Å²) >= 11 is 0. The van der Waals surface area contributed by atoms with Gasteiger partial charge < -0.3 is 20.3 Å². The van der Waals surface area contributed by atoms with Crippen LogP contribution in [0.1, 0.15) is 39.3 Å². The van der Waals surface area contributed by atoms with Crippen molar-refractivity contribution in [2.24, 2.45) is 5.73 Å². The summed E-state index contributed by atoms with van der Waals surface area (Å²) in [6.07, 6.45) is 0. The van der Waals surface area contributed by atoms with Gasteiger partial charge in [-0.3, -0.25) is 0 Å². The predicted molar refractivity (Wildman–Crippen MR) is 98.1 cm³/mol. The van der Waals surface area contributed by atoms with E-state index in [-0.39, 0.29) is 19.0 Å². The molecule has 8 heteroatoms. The Morgan fingerprint density at radius 3 is 2.28 bits per heavy atom. The van der Waals surface area contributed by atoms with Crippen molar-refractivity contribution in [1.29, 1.82) is 0 Å². The third-order valence-corrected chi connectivity index (χ3v) is 3.25. The molecular weight excluding hydrogens is 344 g/mol. The monoisotopic (exact) mass is 370 g/mol. The van der Waals surface area contributed by atoms with Gasteiger partial charge in [0.05, 0.1) is 24.8 Å². The minimum Gasteiger partial charge on any atom is -0.493 e. The minimum absolute atomic E-state index is 0. The fourth-order valence-corrected chi connectivity index (χ4v) is 2.28. The maximum atomic E-state index is 10.1. The first-order valence-electron chi connectivity index (χ1n) is 7.81. The van der Waals surface area contributed by atoms with Gasteiger partial charge in [-0.15, -0.1) is 12.4 Å². The van der Waals surface area contributed by atoms with Crippen LogP contribution in [0.4, 0.5) is 0 Å². The number of halogens is 1. The van der Waals surface area contributed by atoms with Crippen LogP contribution in [-0.2, 0) is 18.7 Å². The molecule has 0 bridgehead atoms. The predicted octanol–water partition coefficient (Wildman–Crippen LogP) is 2.25. The average Bonchev–Trinajstić information content (AvgIpc) is 2.86. The molecule has 1 heterocycles. The average molecular weight is 371 g/mol. The molecule has 0 unspecified atom stereocenters. The number of nitrogens with two attached hydrogens (primary N) is 1. The standard InChI is InChI=1S/C17H26N4O3.ClH/c1-16(2,22)11-21-15(17(3,4)18)19-14(20-21)10-24-13-9-7-6-8-12(13)23-5;/h6-9,22H,10-11,18H2,1-5H3;1H. The molecule has 0 aliphatic carbocycles. The molecule has 0 atom stereocenters. The molecule has 0 radical (unpaired) electrons. The van der Waals surface area contributed by atoms with E-state index in [1.807, 2.05) is 38.1 Å². The van der Waals surface area contributed by atoms with E-state index >= 15 is 0 Å². The van der Waals surface area contributed by atoms with E-state index < -0.39 is 11.1 Å². The molecule has 7 nitrogen and oxygen atoms in total. The molecule has 25 heavy (non-hydrogen) atoms. The van der Waals surface area contributed by atoms with Crippen molar-refractivity contribution >= 4 is 12.4 Å². The number of ether oxygens (including phenoxy) is 2. The second kappa shape index (κ2) is 8.03. The highest BCUT2D eigenvalue weighted by atomic mass is 35.5. The second-order valence-corrected chi connectivity index (χ2v) is 6.98. The van der Waals surface area contributed by atoms with Crippen molar-refractivity contribution in [3.05, 3.63) is 35.9 Å². The van der Waals surface area contributed by atoms with Crippen LogP contribution < -0.4 is 15.2 Å². The molecule has 2 aromatic rings. The van der Waals surface area contributed by atoms with Crippen molar-refractivity contribution in [3.63, 3.8) is 0 Å². The van der Waals surface area contributed by atoms with E-state index in [1.54, 1.807) is 25.6 Å². The first kappa shape index (κ1) is 21.2. The largest absolute Gasteiger partial charge is 0.493 e. The maximum Gasteiger partial charge on any atom is 0.188 e. The number of aromatic nitrogens is 3. The molecule has 0 saturated heterocycles. The zero-order valence-corrected chi connectivity index (χ0v) is 16.1. The molecule has 0 spiro atoms. The minimum atomic E-state index is -0.922. The van der Waals surface area contributed by atoms with Crippen LogP contribution in [0.3, 0.4) is 0 Å². The van der Waals surface area contributed by atoms with Gasteiger partial charge in [-0.1, -0.05) is 12.1 Å². The fraction of sp³-hybridized carbons (Fsp3) is 0.529. The zero-order chi connectivity index (χ0) is 18.0. The van der Waals surface area contributed by atoms with Crippen LogP contribution in [-0.4, -0.2) is 32.6 Å². The molecule has 0 aliphatic rings. The Bertz CT molecular complexity index is 690.